The van der Waals surface area contributed by atoms with E-state index < -0.39 is 11.7 Å². The standard InChI is InChI=1S/C17H16N2O2/c1-11-3-4-14-15(12(11)2)19(17(21)16(14)20)10-7-13-5-8-18-9-6-13/h3-6,8-9H,7,10H2,1-2H3. The average molecular weight is 280 g/mol. The van der Waals surface area contributed by atoms with Gasteiger partial charge in [0.2, 0.25) is 0 Å². The van der Waals surface area contributed by atoms with Crippen LogP contribution in [0.3, 0.4) is 0 Å². The van der Waals surface area contributed by atoms with Crippen LogP contribution in [0.4, 0.5) is 5.69 Å². The minimum atomic E-state index is -0.423. The molecule has 0 N–H and O–H groups in total. The highest BCUT2D eigenvalue weighted by Crippen LogP contribution is 2.34. The van der Waals surface area contributed by atoms with Crippen molar-refractivity contribution in [2.75, 3.05) is 11.4 Å². The zero-order valence-electron chi connectivity index (χ0n) is 12.1. The molecule has 0 bridgehead atoms. The fourth-order valence-corrected chi connectivity index (χ4v) is 2.68. The number of pyridine rings is 1. The molecule has 0 radical (unpaired) electrons. The van der Waals surface area contributed by atoms with Gasteiger partial charge in [-0.3, -0.25) is 14.6 Å². The topological polar surface area (TPSA) is 50.3 Å². The predicted octanol–water partition coefficient (Wildman–Crippen LogP) is 2.47. The lowest BCUT2D eigenvalue weighted by Crippen LogP contribution is -2.32. The summed E-state index contributed by atoms with van der Waals surface area (Å²) in [6, 6.07) is 7.49. The van der Waals surface area contributed by atoms with E-state index in [1.54, 1.807) is 23.4 Å². The van der Waals surface area contributed by atoms with Gasteiger partial charge in [-0.2, -0.15) is 0 Å². The molecule has 1 aromatic heterocycles. The number of nitrogens with zero attached hydrogens (tertiary/aromatic N) is 2. The van der Waals surface area contributed by atoms with Gasteiger partial charge in [0, 0.05) is 18.9 Å². The number of rotatable bonds is 3. The first-order valence-corrected chi connectivity index (χ1v) is 6.95. The summed E-state index contributed by atoms with van der Waals surface area (Å²) in [5.41, 5.74) is 4.49. The number of ketones is 1. The van der Waals surface area contributed by atoms with E-state index in [1.165, 1.54) is 0 Å². The quantitative estimate of drug-likeness (QED) is 0.812. The van der Waals surface area contributed by atoms with Gasteiger partial charge in [0.15, 0.2) is 0 Å². The second-order valence-electron chi connectivity index (χ2n) is 5.30. The highest BCUT2D eigenvalue weighted by molar-refractivity contribution is 6.52. The number of hydrogen-bond donors (Lipinski definition) is 0. The number of anilines is 1. The van der Waals surface area contributed by atoms with Crippen molar-refractivity contribution in [2.24, 2.45) is 0 Å². The Morgan fingerprint density at radius 3 is 2.48 bits per heavy atom. The number of aromatic nitrogens is 1. The molecule has 0 saturated heterocycles. The second-order valence-corrected chi connectivity index (χ2v) is 5.30. The molecule has 4 heteroatoms. The highest BCUT2D eigenvalue weighted by atomic mass is 16.2. The van der Waals surface area contributed by atoms with Crippen LogP contribution in [0.5, 0.6) is 0 Å². The Hall–Kier alpha value is -2.49. The monoisotopic (exact) mass is 280 g/mol. The van der Waals surface area contributed by atoms with Crippen molar-refractivity contribution >= 4 is 17.4 Å². The molecule has 3 rings (SSSR count). The van der Waals surface area contributed by atoms with Crippen molar-refractivity contribution in [1.82, 2.24) is 4.98 Å². The molecule has 0 unspecified atom stereocenters. The van der Waals surface area contributed by atoms with Crippen molar-refractivity contribution < 1.29 is 9.59 Å². The maximum Gasteiger partial charge on any atom is 0.299 e. The number of carbonyl (C=O) groups excluding carboxylic acids is 2. The number of hydrogen-bond acceptors (Lipinski definition) is 3. The van der Waals surface area contributed by atoms with Crippen LogP contribution in [-0.2, 0) is 11.2 Å². The van der Waals surface area contributed by atoms with Gasteiger partial charge in [-0.1, -0.05) is 6.07 Å². The van der Waals surface area contributed by atoms with Crippen LogP contribution >= 0.6 is 0 Å². The zero-order valence-corrected chi connectivity index (χ0v) is 12.1. The Labute approximate surface area is 123 Å². The van der Waals surface area contributed by atoms with E-state index in [-0.39, 0.29) is 0 Å². The molecular weight excluding hydrogens is 264 g/mol. The van der Waals surface area contributed by atoms with Gasteiger partial charge in [0.1, 0.15) is 0 Å². The Morgan fingerprint density at radius 1 is 1.05 bits per heavy atom. The smallest absolute Gasteiger partial charge is 0.299 e. The minimum Gasteiger partial charge on any atom is -0.304 e. The van der Waals surface area contributed by atoms with Crippen LogP contribution < -0.4 is 4.90 Å². The first-order chi connectivity index (χ1) is 10.1. The van der Waals surface area contributed by atoms with Crippen LogP contribution in [0.15, 0.2) is 36.7 Å². The predicted molar refractivity (Wildman–Crippen MR) is 80.5 cm³/mol. The number of aryl methyl sites for hydroxylation is 1. The van der Waals surface area contributed by atoms with Gasteiger partial charge in [-0.25, -0.2) is 0 Å². The van der Waals surface area contributed by atoms with E-state index in [0.717, 1.165) is 22.4 Å². The third-order valence-corrected chi connectivity index (χ3v) is 4.03. The summed E-state index contributed by atoms with van der Waals surface area (Å²) >= 11 is 0. The first kappa shape index (κ1) is 13.5. The summed E-state index contributed by atoms with van der Waals surface area (Å²) in [5.74, 6) is -0.824. The van der Waals surface area contributed by atoms with Crippen molar-refractivity contribution in [3.05, 3.63) is 58.9 Å². The molecule has 0 saturated carbocycles. The average Bonchev–Trinajstić information content (AvgIpc) is 2.75. The van der Waals surface area contributed by atoms with Crippen molar-refractivity contribution in [3.63, 3.8) is 0 Å². The third-order valence-electron chi connectivity index (χ3n) is 4.03. The molecule has 0 atom stereocenters. The number of Topliss-reactive ketones (excluding diaryl/α,β-unsaturated/α-hetero) is 1. The number of carbonyl (C=O) groups is 2. The van der Waals surface area contributed by atoms with E-state index in [4.69, 9.17) is 0 Å². The Balaban J connectivity index is 1.92. The Kier molecular flexibility index (Phi) is 3.29. The fourth-order valence-electron chi connectivity index (χ4n) is 2.68. The number of benzene rings is 1. The van der Waals surface area contributed by atoms with E-state index >= 15 is 0 Å². The van der Waals surface area contributed by atoms with Crippen molar-refractivity contribution in [3.8, 4) is 0 Å². The first-order valence-electron chi connectivity index (χ1n) is 6.95. The fraction of sp³-hybridized carbons (Fsp3) is 0.235. The molecule has 0 aliphatic carbocycles. The molecule has 2 aromatic rings. The van der Waals surface area contributed by atoms with E-state index in [1.807, 2.05) is 32.0 Å². The molecular formula is C17H16N2O2. The van der Waals surface area contributed by atoms with Gasteiger partial charge >= 0.3 is 0 Å². The van der Waals surface area contributed by atoms with Gasteiger partial charge in [-0.15, -0.1) is 0 Å². The molecule has 21 heavy (non-hydrogen) atoms. The molecule has 106 valence electrons. The summed E-state index contributed by atoms with van der Waals surface area (Å²) in [6.07, 6.45) is 4.17. The Bertz CT molecular complexity index is 723. The number of amides is 1. The highest BCUT2D eigenvalue weighted by Gasteiger charge is 2.36. The van der Waals surface area contributed by atoms with Gasteiger partial charge in [0.25, 0.3) is 11.7 Å². The van der Waals surface area contributed by atoms with E-state index in [9.17, 15) is 9.59 Å². The van der Waals surface area contributed by atoms with Crippen LogP contribution in [0, 0.1) is 13.8 Å². The summed E-state index contributed by atoms with van der Waals surface area (Å²) in [5, 5.41) is 0. The summed E-state index contributed by atoms with van der Waals surface area (Å²) in [7, 11) is 0. The maximum absolute atomic E-state index is 12.2. The maximum atomic E-state index is 12.2. The molecule has 1 aromatic carbocycles. The van der Waals surface area contributed by atoms with Gasteiger partial charge < -0.3 is 4.90 Å². The number of fused-ring (bicyclic) bond motifs is 1. The molecule has 1 aliphatic heterocycles. The molecule has 2 heterocycles. The summed E-state index contributed by atoms with van der Waals surface area (Å²) in [4.78, 5) is 29.9. The van der Waals surface area contributed by atoms with Gasteiger partial charge in [0.05, 0.1) is 11.3 Å². The van der Waals surface area contributed by atoms with Crippen molar-refractivity contribution in [2.45, 2.75) is 20.3 Å². The second kappa shape index (κ2) is 5.13. The van der Waals surface area contributed by atoms with Crippen molar-refractivity contribution in [1.29, 1.82) is 0 Å². The summed E-state index contributed by atoms with van der Waals surface area (Å²) < 4.78 is 0. The Morgan fingerprint density at radius 2 is 1.76 bits per heavy atom. The van der Waals surface area contributed by atoms with E-state index in [2.05, 4.69) is 4.98 Å². The van der Waals surface area contributed by atoms with E-state index in [0.29, 0.717) is 18.5 Å². The lowest BCUT2D eigenvalue weighted by atomic mass is 10.0. The summed E-state index contributed by atoms with van der Waals surface area (Å²) in [6.45, 7) is 4.45. The lowest BCUT2D eigenvalue weighted by Gasteiger charge is -2.19. The SMILES string of the molecule is Cc1ccc2c(c1C)N(CCc1ccncc1)C(=O)C2=O. The molecule has 1 amide bonds. The molecule has 1 aliphatic rings. The zero-order chi connectivity index (χ0) is 15.0. The minimum absolute atomic E-state index is 0.400. The van der Waals surface area contributed by atoms with Crippen LogP contribution in [0.1, 0.15) is 27.0 Å². The van der Waals surface area contributed by atoms with Crippen LogP contribution in [0.2, 0.25) is 0 Å². The third kappa shape index (κ3) is 2.23. The van der Waals surface area contributed by atoms with Gasteiger partial charge in [-0.05, 0) is 55.2 Å². The molecule has 4 nitrogen and oxygen atoms in total. The molecule has 0 fully saturated rings. The van der Waals surface area contributed by atoms with Crippen LogP contribution in [0.25, 0.3) is 0 Å². The normalized spacial score (nSPS) is 13.7. The molecule has 0 spiro atoms. The van der Waals surface area contributed by atoms with Crippen LogP contribution in [-0.4, -0.2) is 23.2 Å². The largest absolute Gasteiger partial charge is 0.304 e. The lowest BCUT2D eigenvalue weighted by molar-refractivity contribution is -0.114.